The molecule has 0 aromatic carbocycles. The van der Waals surface area contributed by atoms with E-state index >= 15 is 0 Å². The second kappa shape index (κ2) is 8.04. The average Bonchev–Trinajstić information content (AvgIpc) is 2.30. The lowest BCUT2D eigenvalue weighted by Gasteiger charge is -2.37. The van der Waals surface area contributed by atoms with Gasteiger partial charge < -0.3 is 10.0 Å². The molecule has 3 nitrogen and oxygen atoms in total. The van der Waals surface area contributed by atoms with Crippen LogP contribution >= 0.6 is 0 Å². The van der Waals surface area contributed by atoms with Crippen LogP contribution in [0, 0.1) is 0 Å². The van der Waals surface area contributed by atoms with E-state index in [1.54, 1.807) is 0 Å². The molecule has 0 aromatic rings. The van der Waals surface area contributed by atoms with E-state index in [-0.39, 0.29) is 6.61 Å². The first-order valence-electron chi connectivity index (χ1n) is 6.81. The maximum Gasteiger partial charge on any atom is 0.0558 e. The van der Waals surface area contributed by atoms with Gasteiger partial charge in [-0.25, -0.2) is 0 Å². The first-order valence-corrected chi connectivity index (χ1v) is 6.81. The number of hydrogen-bond acceptors (Lipinski definition) is 3. The first kappa shape index (κ1) is 13.9. The monoisotopic (exact) mass is 228 g/mol. The molecule has 0 amide bonds. The molecule has 0 spiro atoms. The number of likely N-dealkylation sites (N-methyl/N-ethyl adjacent to an activating group) is 1. The second-order valence-corrected chi connectivity index (χ2v) is 5.01. The number of hydrogen-bond donors (Lipinski definition) is 1. The Bertz CT molecular complexity index is 175. The number of likely N-dealkylation sites (tertiary alicyclic amines) is 1. The van der Waals surface area contributed by atoms with Crippen molar-refractivity contribution in [3.8, 4) is 0 Å². The van der Waals surface area contributed by atoms with Gasteiger partial charge in [0.15, 0.2) is 0 Å². The molecule has 1 rings (SSSR count). The normalized spacial score (nSPS) is 22.9. The third-order valence-corrected chi connectivity index (χ3v) is 3.63. The first-order chi connectivity index (χ1) is 7.77. The predicted octanol–water partition coefficient (Wildman–Crippen LogP) is 1.57. The van der Waals surface area contributed by atoms with Gasteiger partial charge in [-0.05, 0) is 39.4 Å². The highest BCUT2D eigenvalue weighted by atomic mass is 16.3. The van der Waals surface area contributed by atoms with Crippen molar-refractivity contribution in [3.63, 3.8) is 0 Å². The highest BCUT2D eigenvalue weighted by molar-refractivity contribution is 4.79. The van der Waals surface area contributed by atoms with Crippen LogP contribution in [0.15, 0.2) is 0 Å². The summed E-state index contributed by atoms with van der Waals surface area (Å²) < 4.78 is 0. The molecule has 1 aliphatic rings. The van der Waals surface area contributed by atoms with Gasteiger partial charge in [0.2, 0.25) is 0 Å². The van der Waals surface area contributed by atoms with Gasteiger partial charge in [0.25, 0.3) is 0 Å². The van der Waals surface area contributed by atoms with Crippen LogP contribution in [0.4, 0.5) is 0 Å². The smallest absolute Gasteiger partial charge is 0.0558 e. The van der Waals surface area contributed by atoms with Crippen molar-refractivity contribution in [1.29, 1.82) is 0 Å². The second-order valence-electron chi connectivity index (χ2n) is 5.01. The Morgan fingerprint density at radius 3 is 2.88 bits per heavy atom. The fourth-order valence-corrected chi connectivity index (χ4v) is 2.52. The number of piperidine rings is 1. The van der Waals surface area contributed by atoms with Crippen molar-refractivity contribution in [3.05, 3.63) is 0 Å². The molecule has 3 heteroatoms. The summed E-state index contributed by atoms with van der Waals surface area (Å²) in [4.78, 5) is 4.91. The van der Waals surface area contributed by atoms with Crippen molar-refractivity contribution in [2.24, 2.45) is 0 Å². The van der Waals surface area contributed by atoms with E-state index in [1.165, 1.54) is 51.7 Å². The minimum absolute atomic E-state index is 0.281. The van der Waals surface area contributed by atoms with Crippen LogP contribution in [-0.4, -0.2) is 60.8 Å². The topological polar surface area (TPSA) is 26.7 Å². The number of unbranched alkanes of at least 4 members (excludes halogenated alkanes) is 2. The van der Waals surface area contributed by atoms with E-state index in [9.17, 15) is 0 Å². The average molecular weight is 228 g/mol. The predicted molar refractivity (Wildman–Crippen MR) is 68.7 cm³/mol. The van der Waals surface area contributed by atoms with Crippen LogP contribution in [0.2, 0.25) is 0 Å². The van der Waals surface area contributed by atoms with Crippen molar-refractivity contribution < 1.29 is 5.11 Å². The fraction of sp³-hybridized carbons (Fsp3) is 1.00. The summed E-state index contributed by atoms with van der Waals surface area (Å²) >= 11 is 0. The quantitative estimate of drug-likeness (QED) is 0.670. The highest BCUT2D eigenvalue weighted by Crippen LogP contribution is 2.15. The van der Waals surface area contributed by atoms with Crippen molar-refractivity contribution in [2.45, 2.75) is 45.1 Å². The lowest BCUT2D eigenvalue weighted by atomic mass is 10.0. The van der Waals surface area contributed by atoms with Crippen molar-refractivity contribution in [1.82, 2.24) is 9.80 Å². The Morgan fingerprint density at radius 2 is 2.19 bits per heavy atom. The molecule has 0 bridgehead atoms. The van der Waals surface area contributed by atoms with Crippen LogP contribution in [-0.2, 0) is 0 Å². The summed E-state index contributed by atoms with van der Waals surface area (Å²) in [7, 11) is 2.14. The third-order valence-electron chi connectivity index (χ3n) is 3.63. The molecule has 1 N–H and O–H groups in total. The number of aliphatic hydroxyl groups is 1. The summed E-state index contributed by atoms with van der Waals surface area (Å²) in [5.74, 6) is 0. The molecule has 1 aliphatic heterocycles. The van der Waals surface area contributed by atoms with Gasteiger partial charge in [0, 0.05) is 19.1 Å². The summed E-state index contributed by atoms with van der Waals surface area (Å²) in [5.41, 5.74) is 0. The van der Waals surface area contributed by atoms with Gasteiger partial charge >= 0.3 is 0 Å². The van der Waals surface area contributed by atoms with Crippen molar-refractivity contribution in [2.75, 3.05) is 39.8 Å². The van der Waals surface area contributed by atoms with E-state index in [2.05, 4.69) is 23.8 Å². The molecule has 0 aliphatic carbocycles. The summed E-state index contributed by atoms with van der Waals surface area (Å²) in [6.07, 6.45) is 6.61. The van der Waals surface area contributed by atoms with Gasteiger partial charge in [0.05, 0.1) is 6.61 Å². The lowest BCUT2D eigenvalue weighted by molar-refractivity contribution is 0.0999. The van der Waals surface area contributed by atoms with E-state index in [4.69, 9.17) is 5.11 Å². The van der Waals surface area contributed by atoms with E-state index < -0.39 is 0 Å². The molecule has 0 radical (unpaired) electrons. The van der Waals surface area contributed by atoms with Gasteiger partial charge in [-0.1, -0.05) is 19.8 Å². The molecule has 16 heavy (non-hydrogen) atoms. The minimum Gasteiger partial charge on any atom is -0.395 e. The standard InChI is InChI=1S/C13H28N2O/c1-3-4-5-8-15-9-6-7-13(12-15)14(2)10-11-16/h13,16H,3-12H2,1-2H3. The number of aliphatic hydroxyl groups excluding tert-OH is 1. The lowest BCUT2D eigenvalue weighted by Crippen LogP contribution is -2.47. The Hall–Kier alpha value is -0.120. The zero-order valence-corrected chi connectivity index (χ0v) is 11.0. The van der Waals surface area contributed by atoms with E-state index in [0.717, 1.165) is 6.54 Å². The molecule has 1 fully saturated rings. The van der Waals surface area contributed by atoms with Crippen LogP contribution in [0.5, 0.6) is 0 Å². The Labute approximate surface area is 100 Å². The fourth-order valence-electron chi connectivity index (χ4n) is 2.52. The minimum atomic E-state index is 0.281. The molecule has 0 saturated carbocycles. The molecule has 0 aromatic heterocycles. The summed E-state index contributed by atoms with van der Waals surface area (Å²) in [6, 6.07) is 0.655. The number of nitrogens with zero attached hydrogens (tertiary/aromatic N) is 2. The molecule has 1 heterocycles. The van der Waals surface area contributed by atoms with Gasteiger partial charge in [0.1, 0.15) is 0 Å². The summed E-state index contributed by atoms with van der Waals surface area (Å²) in [6.45, 7) is 7.08. The van der Waals surface area contributed by atoms with Gasteiger partial charge in [-0.2, -0.15) is 0 Å². The molecule has 1 atom stereocenters. The Morgan fingerprint density at radius 1 is 1.38 bits per heavy atom. The SMILES string of the molecule is CCCCCN1CCCC(N(C)CCO)C1. The zero-order valence-electron chi connectivity index (χ0n) is 11.0. The van der Waals surface area contributed by atoms with Crippen LogP contribution < -0.4 is 0 Å². The maximum atomic E-state index is 8.95. The summed E-state index contributed by atoms with van der Waals surface area (Å²) in [5, 5.41) is 8.95. The molecule has 1 saturated heterocycles. The molecule has 96 valence electrons. The zero-order chi connectivity index (χ0) is 11.8. The van der Waals surface area contributed by atoms with Crippen LogP contribution in [0.25, 0.3) is 0 Å². The van der Waals surface area contributed by atoms with Crippen LogP contribution in [0.1, 0.15) is 39.0 Å². The number of rotatable bonds is 7. The van der Waals surface area contributed by atoms with Gasteiger partial charge in [-0.3, -0.25) is 4.90 Å². The Balaban J connectivity index is 2.23. The highest BCUT2D eigenvalue weighted by Gasteiger charge is 2.22. The molecular formula is C13H28N2O. The van der Waals surface area contributed by atoms with E-state index in [0.29, 0.717) is 6.04 Å². The largest absolute Gasteiger partial charge is 0.395 e. The maximum absolute atomic E-state index is 8.95. The third kappa shape index (κ3) is 4.81. The van der Waals surface area contributed by atoms with Crippen molar-refractivity contribution >= 4 is 0 Å². The van der Waals surface area contributed by atoms with E-state index in [1.807, 2.05) is 0 Å². The Kier molecular flexibility index (Phi) is 7.01. The molecule has 1 unspecified atom stereocenters. The molecular weight excluding hydrogens is 200 g/mol. The van der Waals surface area contributed by atoms with Crippen LogP contribution in [0.3, 0.4) is 0 Å². The van der Waals surface area contributed by atoms with Gasteiger partial charge in [-0.15, -0.1) is 0 Å².